The van der Waals surface area contributed by atoms with Gasteiger partial charge in [-0.1, -0.05) is 12.1 Å². The van der Waals surface area contributed by atoms with Crippen molar-refractivity contribution in [2.75, 3.05) is 6.54 Å². The van der Waals surface area contributed by atoms with Crippen LogP contribution in [0.4, 0.5) is 4.39 Å². The standard InChI is InChI=1S/C17H19FN2O4/c1-17(23,9-14-3-2-8-24-14)11-20-16(22)15(21)19-10-12-4-6-13(18)7-5-12/h2-8,23H,9-11H2,1H3,(H,19,21)(H,20,22). The van der Waals surface area contributed by atoms with Gasteiger partial charge in [0.2, 0.25) is 0 Å². The Morgan fingerprint density at radius 1 is 1.17 bits per heavy atom. The zero-order valence-electron chi connectivity index (χ0n) is 13.2. The first kappa shape index (κ1) is 17.7. The summed E-state index contributed by atoms with van der Waals surface area (Å²) in [5.41, 5.74) is -0.576. The van der Waals surface area contributed by atoms with E-state index in [2.05, 4.69) is 10.6 Å². The van der Waals surface area contributed by atoms with Crippen molar-refractivity contribution in [3.8, 4) is 0 Å². The Labute approximate surface area is 138 Å². The molecule has 24 heavy (non-hydrogen) atoms. The topological polar surface area (TPSA) is 91.6 Å². The molecule has 0 radical (unpaired) electrons. The fourth-order valence-corrected chi connectivity index (χ4v) is 2.07. The van der Waals surface area contributed by atoms with Gasteiger partial charge in [-0.05, 0) is 36.8 Å². The minimum Gasteiger partial charge on any atom is -0.469 e. The number of rotatable bonds is 6. The molecule has 0 spiro atoms. The van der Waals surface area contributed by atoms with Crippen LogP contribution in [0.15, 0.2) is 47.1 Å². The van der Waals surface area contributed by atoms with Crippen molar-refractivity contribution in [1.82, 2.24) is 10.6 Å². The molecular weight excluding hydrogens is 315 g/mol. The Kier molecular flexibility index (Phi) is 5.70. The van der Waals surface area contributed by atoms with Crippen LogP contribution in [0.25, 0.3) is 0 Å². The van der Waals surface area contributed by atoms with Gasteiger partial charge >= 0.3 is 11.8 Å². The van der Waals surface area contributed by atoms with E-state index >= 15 is 0 Å². The normalized spacial score (nSPS) is 13.1. The van der Waals surface area contributed by atoms with Gasteiger partial charge in [-0.25, -0.2) is 4.39 Å². The van der Waals surface area contributed by atoms with Crippen molar-refractivity contribution in [2.24, 2.45) is 0 Å². The lowest BCUT2D eigenvalue weighted by Gasteiger charge is -2.22. The van der Waals surface area contributed by atoms with Crippen LogP contribution in [-0.4, -0.2) is 29.1 Å². The van der Waals surface area contributed by atoms with Crippen LogP contribution in [0.2, 0.25) is 0 Å². The third-order valence-corrected chi connectivity index (χ3v) is 3.34. The third kappa shape index (κ3) is 5.51. The maximum atomic E-state index is 12.8. The van der Waals surface area contributed by atoms with Crippen LogP contribution in [0.5, 0.6) is 0 Å². The maximum absolute atomic E-state index is 12.8. The lowest BCUT2D eigenvalue weighted by molar-refractivity contribution is -0.139. The lowest BCUT2D eigenvalue weighted by atomic mass is 10.0. The predicted octanol–water partition coefficient (Wildman–Crippen LogP) is 1.14. The summed E-state index contributed by atoms with van der Waals surface area (Å²) in [6, 6.07) is 8.99. The van der Waals surface area contributed by atoms with Crippen molar-refractivity contribution in [3.05, 3.63) is 59.8 Å². The van der Waals surface area contributed by atoms with Gasteiger partial charge in [0.05, 0.1) is 11.9 Å². The zero-order valence-corrected chi connectivity index (χ0v) is 13.2. The van der Waals surface area contributed by atoms with Gasteiger partial charge in [0.15, 0.2) is 0 Å². The summed E-state index contributed by atoms with van der Waals surface area (Å²) in [6.45, 7) is 1.54. The van der Waals surface area contributed by atoms with E-state index < -0.39 is 17.4 Å². The Balaban J connectivity index is 1.76. The molecule has 0 fully saturated rings. The molecule has 1 aromatic carbocycles. The molecule has 0 aliphatic rings. The Hall–Kier alpha value is -2.67. The zero-order chi connectivity index (χ0) is 17.6. The van der Waals surface area contributed by atoms with Crippen LogP contribution in [0.1, 0.15) is 18.2 Å². The van der Waals surface area contributed by atoms with Crippen molar-refractivity contribution >= 4 is 11.8 Å². The summed E-state index contributed by atoms with van der Waals surface area (Å²) in [5, 5.41) is 15.0. The van der Waals surface area contributed by atoms with E-state index in [-0.39, 0.29) is 25.3 Å². The average molecular weight is 334 g/mol. The molecular formula is C17H19FN2O4. The highest BCUT2D eigenvalue weighted by molar-refractivity contribution is 6.35. The first-order chi connectivity index (χ1) is 11.4. The molecule has 128 valence electrons. The van der Waals surface area contributed by atoms with E-state index in [4.69, 9.17) is 4.42 Å². The largest absolute Gasteiger partial charge is 0.469 e. The van der Waals surface area contributed by atoms with E-state index in [1.807, 2.05) is 0 Å². The van der Waals surface area contributed by atoms with Gasteiger partial charge in [0.1, 0.15) is 11.6 Å². The number of benzene rings is 1. The second-order valence-corrected chi connectivity index (χ2v) is 5.74. The average Bonchev–Trinajstić information content (AvgIpc) is 3.04. The number of amides is 2. The highest BCUT2D eigenvalue weighted by Crippen LogP contribution is 2.12. The number of nitrogens with one attached hydrogen (secondary N) is 2. The molecule has 1 atom stereocenters. The van der Waals surface area contributed by atoms with E-state index in [0.29, 0.717) is 11.3 Å². The molecule has 7 heteroatoms. The van der Waals surface area contributed by atoms with Crippen LogP contribution >= 0.6 is 0 Å². The van der Waals surface area contributed by atoms with Crippen molar-refractivity contribution < 1.29 is 23.5 Å². The van der Waals surface area contributed by atoms with Gasteiger partial charge in [0.25, 0.3) is 0 Å². The number of hydrogen-bond donors (Lipinski definition) is 3. The van der Waals surface area contributed by atoms with Crippen molar-refractivity contribution in [3.63, 3.8) is 0 Å². The van der Waals surface area contributed by atoms with Crippen molar-refractivity contribution in [2.45, 2.75) is 25.5 Å². The van der Waals surface area contributed by atoms with Gasteiger partial charge < -0.3 is 20.2 Å². The minimum atomic E-state index is -1.25. The Morgan fingerprint density at radius 3 is 2.46 bits per heavy atom. The van der Waals surface area contributed by atoms with Gasteiger partial charge in [-0.15, -0.1) is 0 Å². The van der Waals surface area contributed by atoms with Crippen LogP contribution in [0, 0.1) is 5.82 Å². The molecule has 0 aliphatic carbocycles. The third-order valence-electron chi connectivity index (χ3n) is 3.34. The van der Waals surface area contributed by atoms with Crippen LogP contribution in [0.3, 0.4) is 0 Å². The Morgan fingerprint density at radius 2 is 1.83 bits per heavy atom. The summed E-state index contributed by atoms with van der Waals surface area (Å²) in [7, 11) is 0. The molecule has 0 aliphatic heterocycles. The highest BCUT2D eigenvalue weighted by Gasteiger charge is 2.24. The monoisotopic (exact) mass is 334 g/mol. The number of carbonyl (C=O) groups excluding carboxylic acids is 2. The smallest absolute Gasteiger partial charge is 0.309 e. The summed E-state index contributed by atoms with van der Waals surface area (Å²) in [5.74, 6) is -1.47. The summed E-state index contributed by atoms with van der Waals surface area (Å²) >= 11 is 0. The first-order valence-electron chi connectivity index (χ1n) is 7.41. The molecule has 0 bridgehead atoms. The molecule has 3 N–H and O–H groups in total. The second kappa shape index (κ2) is 7.74. The minimum absolute atomic E-state index is 0.101. The van der Waals surface area contributed by atoms with E-state index in [1.165, 1.54) is 37.5 Å². The highest BCUT2D eigenvalue weighted by atomic mass is 19.1. The van der Waals surface area contributed by atoms with Gasteiger partial charge in [-0.2, -0.15) is 0 Å². The molecule has 0 saturated carbocycles. The van der Waals surface area contributed by atoms with E-state index in [1.54, 1.807) is 12.1 Å². The lowest BCUT2D eigenvalue weighted by Crippen LogP contribution is -2.47. The number of furan rings is 1. The van der Waals surface area contributed by atoms with E-state index in [0.717, 1.165) is 0 Å². The van der Waals surface area contributed by atoms with Crippen LogP contribution in [-0.2, 0) is 22.6 Å². The summed E-state index contributed by atoms with van der Waals surface area (Å²) < 4.78 is 17.9. The quantitative estimate of drug-likeness (QED) is 0.691. The number of halogens is 1. The van der Waals surface area contributed by atoms with Gasteiger partial charge in [-0.3, -0.25) is 9.59 Å². The number of hydrogen-bond acceptors (Lipinski definition) is 4. The molecule has 1 heterocycles. The molecule has 2 rings (SSSR count). The summed E-state index contributed by atoms with van der Waals surface area (Å²) in [6.07, 6.45) is 1.70. The molecule has 0 saturated heterocycles. The fourth-order valence-electron chi connectivity index (χ4n) is 2.07. The predicted molar refractivity (Wildman–Crippen MR) is 84.3 cm³/mol. The van der Waals surface area contributed by atoms with Gasteiger partial charge in [0, 0.05) is 19.5 Å². The first-order valence-corrected chi connectivity index (χ1v) is 7.41. The Bertz CT molecular complexity index is 681. The SMILES string of the molecule is CC(O)(CNC(=O)C(=O)NCc1ccc(F)cc1)Cc1ccco1. The maximum Gasteiger partial charge on any atom is 0.309 e. The fraction of sp³-hybridized carbons (Fsp3) is 0.294. The molecule has 6 nitrogen and oxygen atoms in total. The van der Waals surface area contributed by atoms with E-state index in [9.17, 15) is 19.1 Å². The molecule has 1 aromatic heterocycles. The second-order valence-electron chi connectivity index (χ2n) is 5.74. The number of carbonyl (C=O) groups is 2. The number of aliphatic hydroxyl groups is 1. The molecule has 2 aromatic rings. The molecule has 1 unspecified atom stereocenters. The van der Waals surface area contributed by atoms with Crippen LogP contribution < -0.4 is 10.6 Å². The summed E-state index contributed by atoms with van der Waals surface area (Å²) in [4.78, 5) is 23.5. The molecule has 2 amide bonds. The van der Waals surface area contributed by atoms with Crippen molar-refractivity contribution in [1.29, 1.82) is 0 Å².